The second-order valence-electron chi connectivity index (χ2n) is 7.03. The van der Waals surface area contributed by atoms with Gasteiger partial charge in [0.05, 0.1) is 5.56 Å². The Morgan fingerprint density at radius 2 is 1.65 bits per heavy atom. The minimum atomic E-state index is -0.897. The number of aryl methyl sites for hydroxylation is 1. The van der Waals surface area contributed by atoms with Gasteiger partial charge in [0, 0.05) is 0 Å². The second-order valence-corrected chi connectivity index (χ2v) is 7.03. The van der Waals surface area contributed by atoms with Crippen molar-refractivity contribution in [2.24, 2.45) is 0 Å². The summed E-state index contributed by atoms with van der Waals surface area (Å²) in [7, 11) is 0. The largest absolute Gasteiger partial charge is 0.478 e. The fraction of sp³-hybridized carbons (Fsp3) is 0.286. The molecule has 2 heteroatoms. The van der Waals surface area contributed by atoms with Crippen molar-refractivity contribution in [3.05, 3.63) is 70.3 Å². The summed E-state index contributed by atoms with van der Waals surface area (Å²) in [6.45, 7) is 10.9. The molecule has 0 unspecified atom stereocenters. The van der Waals surface area contributed by atoms with Crippen molar-refractivity contribution in [3.8, 4) is 0 Å². The molecule has 0 aliphatic carbocycles. The van der Waals surface area contributed by atoms with E-state index in [4.69, 9.17) is 5.11 Å². The highest BCUT2D eigenvalue weighted by molar-refractivity contribution is 5.88. The number of allylic oxidation sites excluding steroid dienone is 1. The Bertz CT molecular complexity index is 744. The van der Waals surface area contributed by atoms with Crippen molar-refractivity contribution in [2.75, 3.05) is 0 Å². The molecule has 0 amide bonds. The number of carboxylic acids is 1. The lowest BCUT2D eigenvalue weighted by atomic mass is 9.84. The molecule has 0 aromatic heterocycles. The standard InChI is InChI=1S/C21H24O2/c1-14-6-11-18(21(3,4)5)13-19(14)15(2)12-16-7-9-17(10-8-16)20(22)23/h6-13H,1-5H3,(H,22,23). The van der Waals surface area contributed by atoms with Crippen LogP contribution in [0.5, 0.6) is 0 Å². The maximum absolute atomic E-state index is 10.9. The van der Waals surface area contributed by atoms with E-state index in [1.807, 2.05) is 12.1 Å². The first-order valence-corrected chi connectivity index (χ1v) is 7.81. The average Bonchev–Trinajstić information content (AvgIpc) is 2.46. The molecule has 2 nitrogen and oxygen atoms in total. The Labute approximate surface area is 138 Å². The molecule has 0 spiro atoms. The summed E-state index contributed by atoms with van der Waals surface area (Å²) < 4.78 is 0. The molecular formula is C21H24O2. The quantitative estimate of drug-likeness (QED) is 0.755. The molecule has 0 fully saturated rings. The van der Waals surface area contributed by atoms with Crippen LogP contribution in [0.3, 0.4) is 0 Å². The van der Waals surface area contributed by atoms with Gasteiger partial charge in [0.25, 0.3) is 0 Å². The topological polar surface area (TPSA) is 37.3 Å². The van der Waals surface area contributed by atoms with Crippen LogP contribution in [-0.2, 0) is 5.41 Å². The molecule has 2 rings (SSSR count). The van der Waals surface area contributed by atoms with Crippen molar-refractivity contribution in [1.29, 1.82) is 0 Å². The van der Waals surface area contributed by atoms with Crippen molar-refractivity contribution >= 4 is 17.6 Å². The number of rotatable bonds is 3. The molecule has 0 atom stereocenters. The molecule has 0 aliphatic heterocycles. The molecule has 2 aromatic rings. The van der Waals surface area contributed by atoms with E-state index < -0.39 is 5.97 Å². The number of hydrogen-bond donors (Lipinski definition) is 1. The maximum Gasteiger partial charge on any atom is 0.335 e. The van der Waals surface area contributed by atoms with Gasteiger partial charge in [-0.2, -0.15) is 0 Å². The second kappa shape index (κ2) is 6.41. The zero-order chi connectivity index (χ0) is 17.2. The van der Waals surface area contributed by atoms with Gasteiger partial charge in [-0.25, -0.2) is 4.79 Å². The molecule has 120 valence electrons. The summed E-state index contributed by atoms with van der Waals surface area (Å²) in [5.41, 5.74) is 6.41. The third-order valence-electron chi connectivity index (χ3n) is 4.07. The highest BCUT2D eigenvalue weighted by Gasteiger charge is 2.15. The van der Waals surface area contributed by atoms with E-state index in [1.165, 1.54) is 22.3 Å². The van der Waals surface area contributed by atoms with E-state index in [0.29, 0.717) is 5.56 Å². The molecular weight excluding hydrogens is 284 g/mol. The Balaban J connectivity index is 2.39. The van der Waals surface area contributed by atoms with Gasteiger partial charge in [-0.3, -0.25) is 0 Å². The van der Waals surface area contributed by atoms with Gasteiger partial charge in [0.15, 0.2) is 0 Å². The van der Waals surface area contributed by atoms with Crippen molar-refractivity contribution in [2.45, 2.75) is 40.0 Å². The van der Waals surface area contributed by atoms with E-state index in [2.05, 4.69) is 58.9 Å². The van der Waals surface area contributed by atoms with Crippen LogP contribution in [0, 0.1) is 6.92 Å². The van der Waals surface area contributed by atoms with Crippen LogP contribution < -0.4 is 0 Å². The SMILES string of the molecule is CC(=Cc1ccc(C(=O)O)cc1)c1cc(C(C)(C)C)ccc1C. The Morgan fingerprint density at radius 1 is 1.04 bits per heavy atom. The van der Waals surface area contributed by atoms with Gasteiger partial charge >= 0.3 is 5.97 Å². The lowest BCUT2D eigenvalue weighted by Gasteiger charge is -2.21. The van der Waals surface area contributed by atoms with Crippen molar-refractivity contribution in [1.82, 2.24) is 0 Å². The fourth-order valence-corrected chi connectivity index (χ4v) is 2.56. The Kier molecular flexibility index (Phi) is 4.74. The van der Waals surface area contributed by atoms with Gasteiger partial charge < -0.3 is 5.11 Å². The first kappa shape index (κ1) is 17.0. The van der Waals surface area contributed by atoms with Crippen LogP contribution in [0.25, 0.3) is 11.6 Å². The van der Waals surface area contributed by atoms with Crippen molar-refractivity contribution < 1.29 is 9.90 Å². The highest BCUT2D eigenvalue weighted by atomic mass is 16.4. The number of hydrogen-bond acceptors (Lipinski definition) is 1. The smallest absolute Gasteiger partial charge is 0.335 e. The number of carboxylic acid groups (broad SMARTS) is 1. The van der Waals surface area contributed by atoms with E-state index in [1.54, 1.807) is 12.1 Å². The van der Waals surface area contributed by atoms with Crippen LogP contribution in [-0.4, -0.2) is 11.1 Å². The summed E-state index contributed by atoms with van der Waals surface area (Å²) in [6, 6.07) is 13.6. The molecule has 0 saturated heterocycles. The maximum atomic E-state index is 10.9. The summed E-state index contributed by atoms with van der Waals surface area (Å²) in [5, 5.41) is 8.96. The number of aromatic carboxylic acids is 1. The molecule has 0 bridgehead atoms. The molecule has 0 radical (unpaired) electrons. The molecule has 0 heterocycles. The van der Waals surface area contributed by atoms with Crippen LogP contribution in [0.1, 0.15) is 60.3 Å². The normalized spacial score (nSPS) is 12.3. The monoisotopic (exact) mass is 308 g/mol. The van der Waals surface area contributed by atoms with Crippen LogP contribution in [0.15, 0.2) is 42.5 Å². The van der Waals surface area contributed by atoms with E-state index in [9.17, 15) is 4.79 Å². The lowest BCUT2D eigenvalue weighted by Crippen LogP contribution is -2.11. The first-order valence-electron chi connectivity index (χ1n) is 7.81. The predicted molar refractivity (Wildman–Crippen MR) is 96.8 cm³/mol. The zero-order valence-corrected chi connectivity index (χ0v) is 14.5. The third-order valence-corrected chi connectivity index (χ3v) is 4.07. The zero-order valence-electron chi connectivity index (χ0n) is 14.5. The summed E-state index contributed by atoms with van der Waals surface area (Å²) >= 11 is 0. The highest BCUT2D eigenvalue weighted by Crippen LogP contribution is 2.28. The third kappa shape index (κ3) is 4.10. The lowest BCUT2D eigenvalue weighted by molar-refractivity contribution is 0.0697. The van der Waals surface area contributed by atoms with Gasteiger partial charge in [-0.15, -0.1) is 0 Å². The first-order chi connectivity index (χ1) is 10.7. The van der Waals surface area contributed by atoms with E-state index >= 15 is 0 Å². The van der Waals surface area contributed by atoms with E-state index in [0.717, 1.165) is 5.56 Å². The molecule has 23 heavy (non-hydrogen) atoms. The molecule has 0 saturated carbocycles. The van der Waals surface area contributed by atoms with Crippen LogP contribution in [0.2, 0.25) is 0 Å². The van der Waals surface area contributed by atoms with Gasteiger partial charge in [0.2, 0.25) is 0 Å². The number of benzene rings is 2. The molecule has 1 N–H and O–H groups in total. The molecule has 2 aromatic carbocycles. The predicted octanol–water partition coefficient (Wildman–Crippen LogP) is 5.55. The average molecular weight is 308 g/mol. The fourth-order valence-electron chi connectivity index (χ4n) is 2.56. The summed E-state index contributed by atoms with van der Waals surface area (Å²) in [4.78, 5) is 10.9. The Morgan fingerprint density at radius 3 is 2.17 bits per heavy atom. The van der Waals surface area contributed by atoms with Crippen LogP contribution in [0.4, 0.5) is 0 Å². The summed E-state index contributed by atoms with van der Waals surface area (Å²) in [6.07, 6.45) is 2.10. The van der Waals surface area contributed by atoms with Crippen molar-refractivity contribution in [3.63, 3.8) is 0 Å². The summed E-state index contributed by atoms with van der Waals surface area (Å²) in [5.74, 6) is -0.897. The minimum absolute atomic E-state index is 0.117. The number of carbonyl (C=O) groups is 1. The Hall–Kier alpha value is -2.35. The molecule has 0 aliphatic rings. The van der Waals surface area contributed by atoms with Gasteiger partial charge in [0.1, 0.15) is 0 Å². The minimum Gasteiger partial charge on any atom is -0.478 e. The van der Waals surface area contributed by atoms with Gasteiger partial charge in [-0.1, -0.05) is 57.2 Å². The van der Waals surface area contributed by atoms with Gasteiger partial charge in [-0.05, 0) is 59.2 Å². The van der Waals surface area contributed by atoms with Crippen LogP contribution >= 0.6 is 0 Å². The van der Waals surface area contributed by atoms with E-state index in [-0.39, 0.29) is 5.41 Å².